The quantitative estimate of drug-likeness (QED) is 0.439. The zero-order valence-electron chi connectivity index (χ0n) is 5.47. The fourth-order valence-electron chi connectivity index (χ4n) is 1.24. The first-order valence-corrected chi connectivity index (χ1v) is 4.16. The maximum atomic E-state index is 8.74. The minimum Gasteiger partial charge on any atom is -0.328 e. The van der Waals surface area contributed by atoms with Gasteiger partial charge in [0.15, 0.2) is 0 Å². The second kappa shape index (κ2) is 2.90. The molecular weight excluding hydrogens is 134 g/mol. The Kier molecular flexibility index (Phi) is 2.38. The van der Waals surface area contributed by atoms with Gasteiger partial charge in [-0.25, -0.2) is 0 Å². The molecule has 0 saturated heterocycles. The fraction of sp³-hybridized carbons (Fsp3) is 1.00. The van der Waals surface area contributed by atoms with Gasteiger partial charge in [-0.1, -0.05) is 19.3 Å². The number of hydrogen-bond donors (Lipinski definition) is 2. The molecule has 0 aromatic heterocycles. The van der Waals surface area contributed by atoms with Crippen molar-refractivity contribution in [1.29, 1.82) is 0 Å². The van der Waals surface area contributed by atoms with Crippen LogP contribution in [0.3, 0.4) is 0 Å². The third kappa shape index (κ3) is 1.85. The average molecular weight is 147 g/mol. The van der Waals surface area contributed by atoms with Crippen molar-refractivity contribution in [2.45, 2.75) is 37.0 Å². The van der Waals surface area contributed by atoms with Gasteiger partial charge in [0.1, 0.15) is 0 Å². The van der Waals surface area contributed by atoms with E-state index in [2.05, 4.69) is 0 Å². The van der Waals surface area contributed by atoms with Crippen LogP contribution >= 0.6 is 12.0 Å². The van der Waals surface area contributed by atoms with Crippen LogP contribution in [0.1, 0.15) is 32.1 Å². The summed E-state index contributed by atoms with van der Waals surface area (Å²) in [6.45, 7) is 0. The van der Waals surface area contributed by atoms with Crippen LogP contribution < -0.4 is 5.73 Å². The summed E-state index contributed by atoms with van der Waals surface area (Å²) in [6.07, 6.45) is 5.55. The third-order valence-corrected chi connectivity index (χ3v) is 2.65. The van der Waals surface area contributed by atoms with Gasteiger partial charge in [0.05, 0.1) is 4.87 Å². The molecule has 9 heavy (non-hydrogen) atoms. The molecule has 0 spiro atoms. The molecule has 2 nitrogen and oxygen atoms in total. The number of rotatable bonds is 1. The van der Waals surface area contributed by atoms with Crippen LogP contribution in [0, 0.1) is 0 Å². The molecule has 3 N–H and O–H groups in total. The van der Waals surface area contributed by atoms with Crippen LogP contribution in [0.25, 0.3) is 0 Å². The Morgan fingerprint density at radius 3 is 2.11 bits per heavy atom. The van der Waals surface area contributed by atoms with Gasteiger partial charge in [-0.2, -0.15) is 0 Å². The zero-order valence-corrected chi connectivity index (χ0v) is 6.28. The molecule has 0 atom stereocenters. The van der Waals surface area contributed by atoms with Crippen LogP contribution in [0.2, 0.25) is 0 Å². The van der Waals surface area contributed by atoms with Gasteiger partial charge in [-0.05, 0) is 12.8 Å². The van der Waals surface area contributed by atoms with Crippen LogP contribution in [0.5, 0.6) is 0 Å². The first-order chi connectivity index (χ1) is 4.27. The number of hydrogen-bond acceptors (Lipinski definition) is 3. The van der Waals surface area contributed by atoms with Crippen molar-refractivity contribution in [2.24, 2.45) is 5.73 Å². The minimum atomic E-state index is -0.307. The highest BCUT2D eigenvalue weighted by Gasteiger charge is 2.27. The lowest BCUT2D eigenvalue weighted by Gasteiger charge is -2.29. The van der Waals surface area contributed by atoms with E-state index >= 15 is 0 Å². The molecule has 1 saturated carbocycles. The van der Waals surface area contributed by atoms with Gasteiger partial charge < -0.3 is 10.3 Å². The summed E-state index contributed by atoms with van der Waals surface area (Å²) < 4.78 is 8.74. The lowest BCUT2D eigenvalue weighted by Crippen LogP contribution is -2.37. The monoisotopic (exact) mass is 147 g/mol. The third-order valence-electron chi connectivity index (χ3n) is 1.88. The van der Waals surface area contributed by atoms with Crippen molar-refractivity contribution in [2.75, 3.05) is 0 Å². The maximum Gasteiger partial charge on any atom is 0.0882 e. The highest BCUT2D eigenvalue weighted by molar-refractivity contribution is 7.95. The van der Waals surface area contributed by atoms with E-state index in [0.717, 1.165) is 24.9 Å². The Hall–Kier alpha value is 0.270. The molecule has 0 amide bonds. The molecule has 1 rings (SSSR count). The predicted molar refractivity (Wildman–Crippen MR) is 40.2 cm³/mol. The van der Waals surface area contributed by atoms with Crippen molar-refractivity contribution in [1.82, 2.24) is 0 Å². The molecule has 3 heteroatoms. The molecular formula is C6H13NOS. The molecule has 1 fully saturated rings. The van der Waals surface area contributed by atoms with E-state index in [1.165, 1.54) is 19.3 Å². The van der Waals surface area contributed by atoms with Crippen LogP contribution in [0.4, 0.5) is 0 Å². The molecule has 54 valence electrons. The summed E-state index contributed by atoms with van der Waals surface area (Å²) in [5.41, 5.74) is 5.77. The second-order valence-corrected chi connectivity index (χ2v) is 3.71. The molecule has 0 aliphatic heterocycles. The van der Waals surface area contributed by atoms with Gasteiger partial charge in [-0.3, -0.25) is 0 Å². The summed E-state index contributed by atoms with van der Waals surface area (Å²) in [5.74, 6) is 0. The van der Waals surface area contributed by atoms with E-state index < -0.39 is 0 Å². The maximum absolute atomic E-state index is 8.74. The van der Waals surface area contributed by atoms with Crippen LogP contribution in [-0.2, 0) is 0 Å². The van der Waals surface area contributed by atoms with Crippen molar-refractivity contribution in [3.8, 4) is 0 Å². The first-order valence-electron chi connectivity index (χ1n) is 3.38. The topological polar surface area (TPSA) is 46.2 Å². The smallest absolute Gasteiger partial charge is 0.0882 e. The van der Waals surface area contributed by atoms with E-state index in [9.17, 15) is 0 Å². The van der Waals surface area contributed by atoms with Crippen LogP contribution in [0.15, 0.2) is 0 Å². The normalized spacial score (nSPS) is 26.0. The van der Waals surface area contributed by atoms with Crippen molar-refractivity contribution in [3.05, 3.63) is 0 Å². The Morgan fingerprint density at radius 1 is 1.22 bits per heavy atom. The highest BCUT2D eigenvalue weighted by atomic mass is 32.2. The van der Waals surface area contributed by atoms with Crippen molar-refractivity contribution >= 4 is 12.0 Å². The predicted octanol–water partition coefficient (Wildman–Crippen LogP) is 1.81. The second-order valence-electron chi connectivity index (χ2n) is 2.72. The average Bonchev–Trinajstić information content (AvgIpc) is 1.90. The molecule has 0 aromatic rings. The van der Waals surface area contributed by atoms with Gasteiger partial charge in [0.2, 0.25) is 0 Å². The Balaban J connectivity index is 2.37. The van der Waals surface area contributed by atoms with Gasteiger partial charge in [0, 0.05) is 12.0 Å². The Morgan fingerprint density at radius 2 is 1.78 bits per heavy atom. The fourth-order valence-corrected chi connectivity index (χ4v) is 1.71. The molecule has 0 unspecified atom stereocenters. The van der Waals surface area contributed by atoms with E-state index in [4.69, 9.17) is 10.3 Å². The summed E-state index contributed by atoms with van der Waals surface area (Å²) in [5, 5.41) is 0. The molecule has 0 radical (unpaired) electrons. The summed E-state index contributed by atoms with van der Waals surface area (Å²) in [7, 11) is 0. The standard InChI is InChI=1S/C6H13NOS/c7-6(9-8)4-2-1-3-5-6/h8H,1-5,7H2. The summed E-state index contributed by atoms with van der Waals surface area (Å²) >= 11 is 0.826. The molecule has 1 aliphatic carbocycles. The van der Waals surface area contributed by atoms with Gasteiger partial charge >= 0.3 is 0 Å². The lowest BCUT2D eigenvalue weighted by atomic mass is 9.96. The molecule has 0 bridgehead atoms. The van der Waals surface area contributed by atoms with E-state index in [1.54, 1.807) is 0 Å². The minimum absolute atomic E-state index is 0.307. The molecule has 0 heterocycles. The number of nitrogens with two attached hydrogens (primary N) is 1. The largest absolute Gasteiger partial charge is 0.328 e. The highest BCUT2D eigenvalue weighted by Crippen LogP contribution is 2.32. The lowest BCUT2D eigenvalue weighted by molar-refractivity contribution is 0.393. The Labute approximate surface area is 60.0 Å². The summed E-state index contributed by atoms with van der Waals surface area (Å²) in [4.78, 5) is -0.307. The van der Waals surface area contributed by atoms with Gasteiger partial charge in [0.25, 0.3) is 0 Å². The Bertz CT molecular complexity index is 91.1. The van der Waals surface area contributed by atoms with E-state index in [-0.39, 0.29) is 4.87 Å². The molecule has 1 aliphatic rings. The van der Waals surface area contributed by atoms with E-state index in [0.29, 0.717) is 0 Å². The molecule has 0 aromatic carbocycles. The van der Waals surface area contributed by atoms with Crippen molar-refractivity contribution in [3.63, 3.8) is 0 Å². The van der Waals surface area contributed by atoms with Gasteiger partial charge in [-0.15, -0.1) is 0 Å². The van der Waals surface area contributed by atoms with Crippen LogP contribution in [-0.4, -0.2) is 9.42 Å². The first kappa shape index (κ1) is 7.38. The van der Waals surface area contributed by atoms with E-state index in [1.807, 2.05) is 0 Å². The summed E-state index contributed by atoms with van der Waals surface area (Å²) in [6, 6.07) is 0. The zero-order chi connectivity index (χ0) is 6.74. The van der Waals surface area contributed by atoms with Crippen molar-refractivity contribution < 1.29 is 4.55 Å². The SMILES string of the molecule is NC1(SO)CCCCC1.